The van der Waals surface area contributed by atoms with E-state index in [9.17, 15) is 8.42 Å². The van der Waals surface area contributed by atoms with Gasteiger partial charge in [0.25, 0.3) is 0 Å². The van der Waals surface area contributed by atoms with Gasteiger partial charge in [0.1, 0.15) is 0 Å². The summed E-state index contributed by atoms with van der Waals surface area (Å²) < 4.78 is 28.3. The predicted molar refractivity (Wildman–Crippen MR) is 53.8 cm³/mol. The van der Waals surface area contributed by atoms with Gasteiger partial charge in [-0.25, -0.2) is 8.42 Å². The van der Waals surface area contributed by atoms with Crippen LogP contribution >= 0.6 is 0 Å². The molecule has 0 aromatic carbocycles. The third-order valence-corrected chi connectivity index (χ3v) is 4.92. The van der Waals surface area contributed by atoms with Crippen LogP contribution in [0, 0.1) is 0 Å². The molecule has 1 unspecified atom stereocenters. The summed E-state index contributed by atoms with van der Waals surface area (Å²) in [6.45, 7) is 0.682. The van der Waals surface area contributed by atoms with E-state index in [0.29, 0.717) is 19.4 Å². The van der Waals surface area contributed by atoms with Crippen LogP contribution in [0.5, 0.6) is 0 Å². The smallest absolute Gasteiger partial charge is 0.150 e. The highest BCUT2D eigenvalue weighted by atomic mass is 32.2. The molecule has 82 valence electrons. The van der Waals surface area contributed by atoms with Gasteiger partial charge in [0, 0.05) is 12.6 Å². The van der Waals surface area contributed by atoms with Gasteiger partial charge >= 0.3 is 0 Å². The molecule has 5 heteroatoms. The van der Waals surface area contributed by atoms with Gasteiger partial charge in [-0.3, -0.25) is 0 Å². The van der Waals surface area contributed by atoms with Gasteiger partial charge in [0.2, 0.25) is 0 Å². The van der Waals surface area contributed by atoms with E-state index >= 15 is 0 Å². The van der Waals surface area contributed by atoms with Crippen LogP contribution in [0.15, 0.2) is 0 Å². The van der Waals surface area contributed by atoms with Gasteiger partial charge in [0.05, 0.1) is 17.1 Å². The quantitative estimate of drug-likeness (QED) is 0.626. The molecule has 0 radical (unpaired) electrons. The van der Waals surface area contributed by atoms with Crippen molar-refractivity contribution in [2.75, 3.05) is 18.1 Å². The highest BCUT2D eigenvalue weighted by Gasteiger charge is 2.41. The Kier molecular flexibility index (Phi) is 2.57. The zero-order valence-electron chi connectivity index (χ0n) is 8.24. The molecule has 2 heterocycles. The molecule has 2 fully saturated rings. The normalized spacial score (nSPS) is 35.6. The number of ether oxygens (including phenoxy) is 1. The van der Waals surface area contributed by atoms with Crippen molar-refractivity contribution >= 4 is 9.84 Å². The summed E-state index contributed by atoms with van der Waals surface area (Å²) in [6.07, 6.45) is 2.98. The van der Waals surface area contributed by atoms with Crippen LogP contribution in [0.3, 0.4) is 0 Å². The second-order valence-corrected chi connectivity index (χ2v) is 6.74. The predicted octanol–water partition coefficient (Wildman–Crippen LogP) is 0.0715. The molecule has 0 saturated carbocycles. The van der Waals surface area contributed by atoms with Crippen LogP contribution in [0.1, 0.15) is 25.7 Å². The fourth-order valence-corrected chi connectivity index (χ4v) is 3.89. The molecule has 0 aromatic heterocycles. The summed E-state index contributed by atoms with van der Waals surface area (Å²) >= 11 is 0. The monoisotopic (exact) mass is 219 g/mol. The van der Waals surface area contributed by atoms with Gasteiger partial charge in [-0.05, 0) is 25.7 Å². The molecule has 14 heavy (non-hydrogen) atoms. The molecule has 1 atom stereocenters. The molecular weight excluding hydrogens is 202 g/mol. The summed E-state index contributed by atoms with van der Waals surface area (Å²) in [6, 6.07) is 0.185. The van der Waals surface area contributed by atoms with Crippen molar-refractivity contribution in [3.8, 4) is 0 Å². The van der Waals surface area contributed by atoms with Crippen molar-refractivity contribution in [3.05, 3.63) is 0 Å². The molecule has 2 N–H and O–H groups in total. The van der Waals surface area contributed by atoms with Gasteiger partial charge < -0.3 is 10.5 Å². The standard InChI is InChI=1S/C9H17NO3S/c10-8-1-4-13-9(7-8)2-5-14(11,12)6-3-9/h8H,1-7,10H2. The van der Waals surface area contributed by atoms with Crippen molar-refractivity contribution in [1.29, 1.82) is 0 Å². The fraction of sp³-hybridized carbons (Fsp3) is 1.00. The third-order valence-electron chi connectivity index (χ3n) is 3.27. The number of hydrogen-bond acceptors (Lipinski definition) is 4. The Morgan fingerprint density at radius 2 is 1.93 bits per heavy atom. The average Bonchev–Trinajstić information content (AvgIpc) is 2.12. The highest BCUT2D eigenvalue weighted by molar-refractivity contribution is 7.91. The lowest BCUT2D eigenvalue weighted by Crippen LogP contribution is -2.49. The minimum atomic E-state index is -2.80. The fourth-order valence-electron chi connectivity index (χ4n) is 2.32. The zero-order chi connectivity index (χ0) is 10.2. The highest BCUT2D eigenvalue weighted by Crippen LogP contribution is 2.35. The number of hydrogen-bond donors (Lipinski definition) is 1. The van der Waals surface area contributed by atoms with Gasteiger partial charge in [-0.15, -0.1) is 0 Å². The number of nitrogens with two attached hydrogens (primary N) is 1. The summed E-state index contributed by atoms with van der Waals surface area (Å²) in [5, 5.41) is 0. The van der Waals surface area contributed by atoms with E-state index in [2.05, 4.69) is 0 Å². The summed E-state index contributed by atoms with van der Waals surface area (Å²) in [7, 11) is -2.80. The van der Waals surface area contributed by atoms with E-state index in [0.717, 1.165) is 12.8 Å². The van der Waals surface area contributed by atoms with Crippen molar-refractivity contribution in [3.63, 3.8) is 0 Å². The first-order chi connectivity index (χ1) is 6.52. The van der Waals surface area contributed by atoms with Crippen molar-refractivity contribution in [1.82, 2.24) is 0 Å². The first-order valence-corrected chi connectivity index (χ1v) is 6.94. The van der Waals surface area contributed by atoms with E-state index < -0.39 is 9.84 Å². The summed E-state index contributed by atoms with van der Waals surface area (Å²) in [5.41, 5.74) is 5.66. The molecule has 2 aliphatic rings. The summed E-state index contributed by atoms with van der Waals surface area (Å²) in [5.74, 6) is 0.527. The summed E-state index contributed by atoms with van der Waals surface area (Å²) in [4.78, 5) is 0. The molecule has 0 bridgehead atoms. The number of rotatable bonds is 0. The molecule has 2 saturated heterocycles. The Labute approximate surface area is 84.7 Å². The Balaban J connectivity index is 2.04. The lowest BCUT2D eigenvalue weighted by Gasteiger charge is -2.42. The lowest BCUT2D eigenvalue weighted by molar-refractivity contribution is -0.0897. The van der Waals surface area contributed by atoms with Gasteiger partial charge in [0.15, 0.2) is 9.84 Å². The maximum Gasteiger partial charge on any atom is 0.150 e. The van der Waals surface area contributed by atoms with Gasteiger partial charge in [-0.2, -0.15) is 0 Å². The molecule has 2 aliphatic heterocycles. The van der Waals surface area contributed by atoms with Crippen molar-refractivity contribution in [2.45, 2.75) is 37.3 Å². The van der Waals surface area contributed by atoms with E-state index in [-0.39, 0.29) is 23.1 Å². The zero-order valence-corrected chi connectivity index (χ0v) is 9.05. The minimum Gasteiger partial charge on any atom is -0.375 e. The molecule has 2 rings (SSSR count). The Morgan fingerprint density at radius 3 is 2.50 bits per heavy atom. The first-order valence-electron chi connectivity index (χ1n) is 5.11. The number of sulfone groups is 1. The SMILES string of the molecule is NC1CCOC2(CCS(=O)(=O)CC2)C1. The first kappa shape index (κ1) is 10.4. The second kappa shape index (κ2) is 3.47. The van der Waals surface area contributed by atoms with Crippen molar-refractivity contribution < 1.29 is 13.2 Å². The topological polar surface area (TPSA) is 69.4 Å². The van der Waals surface area contributed by atoms with Crippen LogP contribution in [0.4, 0.5) is 0 Å². The maximum absolute atomic E-state index is 11.3. The van der Waals surface area contributed by atoms with E-state index in [1.165, 1.54) is 0 Å². The lowest BCUT2D eigenvalue weighted by atomic mass is 9.86. The third kappa shape index (κ3) is 2.10. The molecule has 4 nitrogen and oxygen atoms in total. The Morgan fingerprint density at radius 1 is 1.29 bits per heavy atom. The van der Waals surface area contributed by atoms with Crippen LogP contribution in [0.2, 0.25) is 0 Å². The maximum atomic E-state index is 11.3. The molecule has 1 spiro atoms. The van der Waals surface area contributed by atoms with Crippen molar-refractivity contribution in [2.24, 2.45) is 5.73 Å². The molecular formula is C9H17NO3S. The molecule has 0 amide bonds. The van der Waals surface area contributed by atoms with E-state index in [1.54, 1.807) is 0 Å². The van der Waals surface area contributed by atoms with E-state index in [1.807, 2.05) is 0 Å². The molecule has 0 aromatic rings. The van der Waals surface area contributed by atoms with Crippen LogP contribution < -0.4 is 5.73 Å². The van der Waals surface area contributed by atoms with Crippen LogP contribution in [0.25, 0.3) is 0 Å². The Hall–Kier alpha value is -0.130. The average molecular weight is 219 g/mol. The minimum absolute atomic E-state index is 0.185. The molecule has 0 aliphatic carbocycles. The van der Waals surface area contributed by atoms with Crippen LogP contribution in [-0.2, 0) is 14.6 Å². The second-order valence-electron chi connectivity index (χ2n) is 4.44. The van der Waals surface area contributed by atoms with Crippen LogP contribution in [-0.4, -0.2) is 38.2 Å². The Bertz CT molecular complexity index is 298. The largest absolute Gasteiger partial charge is 0.375 e. The van der Waals surface area contributed by atoms with E-state index in [4.69, 9.17) is 10.5 Å². The van der Waals surface area contributed by atoms with Gasteiger partial charge in [-0.1, -0.05) is 0 Å².